The lowest BCUT2D eigenvalue weighted by Gasteiger charge is -2.20. The second kappa shape index (κ2) is 2.70. The Bertz CT molecular complexity index is 314. The van der Waals surface area contributed by atoms with Crippen LogP contribution >= 0.6 is 0 Å². The van der Waals surface area contributed by atoms with Crippen LogP contribution in [0.5, 0.6) is 0 Å². The van der Waals surface area contributed by atoms with E-state index >= 15 is 0 Å². The van der Waals surface area contributed by atoms with Crippen LogP contribution in [-0.4, -0.2) is 47.6 Å². The number of hydrogen-bond acceptors (Lipinski definition) is 6. The van der Waals surface area contributed by atoms with E-state index in [1.807, 2.05) is 0 Å². The van der Waals surface area contributed by atoms with Crippen molar-refractivity contribution in [2.45, 2.75) is 50.3 Å². The van der Waals surface area contributed by atoms with E-state index in [2.05, 4.69) is 0 Å². The average Bonchev–Trinajstić information content (AvgIpc) is 2.66. The van der Waals surface area contributed by atoms with Crippen molar-refractivity contribution >= 4 is 5.97 Å². The predicted octanol–water partition coefficient (Wildman–Crippen LogP) is -0.851. The molecule has 0 radical (unpaired) electrons. The summed E-state index contributed by atoms with van der Waals surface area (Å²) in [5.74, 6) is -1.39. The number of ether oxygens (including phenoxy) is 4. The highest BCUT2D eigenvalue weighted by Gasteiger charge is 2.62. The van der Waals surface area contributed by atoms with Crippen LogP contribution in [0.15, 0.2) is 0 Å². The van der Waals surface area contributed by atoms with E-state index in [0.29, 0.717) is 0 Å². The fourth-order valence-corrected chi connectivity index (χ4v) is 2.23. The van der Waals surface area contributed by atoms with Crippen LogP contribution in [0, 0.1) is 0 Å². The van der Waals surface area contributed by atoms with Crippen molar-refractivity contribution in [3.8, 4) is 0 Å². The molecule has 0 aromatic heterocycles. The Labute approximate surface area is 86.1 Å². The van der Waals surface area contributed by atoms with Gasteiger partial charge in [-0.25, -0.2) is 4.79 Å². The van der Waals surface area contributed by atoms with Gasteiger partial charge in [-0.1, -0.05) is 0 Å². The van der Waals surface area contributed by atoms with Crippen molar-refractivity contribution in [2.24, 2.45) is 0 Å². The molecule has 5 atom stereocenters. The molecule has 0 amide bonds. The number of carbonyl (C=O) groups is 1. The minimum atomic E-state index is -1.23. The summed E-state index contributed by atoms with van der Waals surface area (Å²) in [6, 6.07) is 0. The summed E-state index contributed by atoms with van der Waals surface area (Å²) in [7, 11) is 0. The van der Waals surface area contributed by atoms with Crippen LogP contribution in [0.3, 0.4) is 0 Å². The Kier molecular flexibility index (Phi) is 1.72. The van der Waals surface area contributed by atoms with E-state index in [1.165, 1.54) is 0 Å². The highest BCUT2D eigenvalue weighted by molar-refractivity contribution is 5.78. The maximum Gasteiger partial charge on any atom is 0.338 e. The molecule has 6 heteroatoms. The topological polar surface area (TPSA) is 74.2 Å². The van der Waals surface area contributed by atoms with Crippen LogP contribution in [0.25, 0.3) is 0 Å². The molecule has 0 unspecified atom stereocenters. The number of hydrogen-bond donors (Lipinski definition) is 1. The number of rotatable bonds is 0. The normalized spacial score (nSPS) is 51.4. The van der Waals surface area contributed by atoms with Crippen molar-refractivity contribution < 1.29 is 28.8 Å². The molecule has 6 nitrogen and oxygen atoms in total. The van der Waals surface area contributed by atoms with Crippen molar-refractivity contribution in [1.82, 2.24) is 0 Å². The van der Waals surface area contributed by atoms with Gasteiger partial charge in [-0.2, -0.15) is 0 Å². The van der Waals surface area contributed by atoms with Crippen LogP contribution in [0.4, 0.5) is 0 Å². The lowest BCUT2D eigenvalue weighted by molar-refractivity contribution is -0.214. The fraction of sp³-hybridized carbons (Fsp3) is 0.889. The van der Waals surface area contributed by atoms with Crippen LogP contribution < -0.4 is 0 Å². The van der Waals surface area contributed by atoms with Gasteiger partial charge >= 0.3 is 5.97 Å². The minimum absolute atomic E-state index is 0.439. The zero-order valence-corrected chi connectivity index (χ0v) is 8.38. The van der Waals surface area contributed by atoms with Gasteiger partial charge in [-0.3, -0.25) is 0 Å². The predicted molar refractivity (Wildman–Crippen MR) is 44.6 cm³/mol. The number of aliphatic hydroxyl groups excluding tert-OH is 1. The molecule has 15 heavy (non-hydrogen) atoms. The van der Waals surface area contributed by atoms with Crippen LogP contribution in [0.2, 0.25) is 0 Å². The zero-order valence-electron chi connectivity index (χ0n) is 8.38. The molecule has 0 aromatic carbocycles. The first kappa shape index (κ1) is 9.53. The van der Waals surface area contributed by atoms with Crippen molar-refractivity contribution in [3.05, 3.63) is 0 Å². The van der Waals surface area contributed by atoms with E-state index in [0.717, 1.165) is 0 Å². The third kappa shape index (κ3) is 1.22. The van der Waals surface area contributed by atoms with Crippen molar-refractivity contribution in [2.75, 3.05) is 0 Å². The summed E-state index contributed by atoms with van der Waals surface area (Å²) in [5.41, 5.74) is 0. The first-order valence-electron chi connectivity index (χ1n) is 4.88. The third-order valence-corrected chi connectivity index (χ3v) is 2.83. The van der Waals surface area contributed by atoms with Crippen molar-refractivity contribution in [3.63, 3.8) is 0 Å². The highest BCUT2D eigenvalue weighted by Crippen LogP contribution is 2.42. The summed E-state index contributed by atoms with van der Waals surface area (Å²) in [6.45, 7) is 3.52. The van der Waals surface area contributed by atoms with Crippen molar-refractivity contribution in [1.29, 1.82) is 0 Å². The number of carbonyl (C=O) groups excluding carboxylic acids is 1. The van der Waals surface area contributed by atoms with Gasteiger partial charge < -0.3 is 24.1 Å². The zero-order chi connectivity index (χ0) is 10.8. The minimum Gasteiger partial charge on any atom is -0.454 e. The smallest absolute Gasteiger partial charge is 0.338 e. The average molecular weight is 216 g/mol. The number of aliphatic hydroxyl groups is 1. The summed E-state index contributed by atoms with van der Waals surface area (Å²) in [4.78, 5) is 11.1. The first-order valence-corrected chi connectivity index (χ1v) is 4.88. The fourth-order valence-electron chi connectivity index (χ4n) is 2.23. The Balaban J connectivity index is 1.83. The molecule has 0 bridgehead atoms. The molecule has 0 spiro atoms. The van der Waals surface area contributed by atoms with Gasteiger partial charge in [0.05, 0.1) is 0 Å². The molecule has 3 fully saturated rings. The Morgan fingerprint density at radius 3 is 2.67 bits per heavy atom. The van der Waals surface area contributed by atoms with E-state index in [1.54, 1.807) is 13.8 Å². The lowest BCUT2D eigenvalue weighted by Crippen LogP contribution is -2.35. The molecule has 3 aliphatic heterocycles. The quantitative estimate of drug-likeness (QED) is 0.532. The SMILES string of the molecule is CC1(C)O[C@@H]2O[C@@H]3[C@@H](OC(=O)[C@H]3O)[C@@H]2O1. The van der Waals surface area contributed by atoms with Gasteiger partial charge in [0.25, 0.3) is 0 Å². The molecule has 1 N–H and O–H groups in total. The Hall–Kier alpha value is -0.690. The molecule has 3 heterocycles. The molecule has 84 valence electrons. The Morgan fingerprint density at radius 2 is 1.93 bits per heavy atom. The van der Waals surface area contributed by atoms with Gasteiger partial charge in [0.15, 0.2) is 30.4 Å². The van der Waals surface area contributed by atoms with Gasteiger partial charge in [-0.05, 0) is 13.8 Å². The maximum absolute atomic E-state index is 11.1. The van der Waals surface area contributed by atoms with Gasteiger partial charge in [0, 0.05) is 0 Å². The van der Waals surface area contributed by atoms with E-state index in [-0.39, 0.29) is 0 Å². The first-order chi connectivity index (χ1) is 6.98. The summed E-state index contributed by atoms with van der Waals surface area (Å²) in [5, 5.41) is 9.44. The lowest BCUT2D eigenvalue weighted by atomic mass is 10.1. The van der Waals surface area contributed by atoms with E-state index in [9.17, 15) is 9.90 Å². The monoisotopic (exact) mass is 216 g/mol. The molecule has 3 rings (SSSR count). The largest absolute Gasteiger partial charge is 0.454 e. The number of esters is 1. The van der Waals surface area contributed by atoms with Crippen LogP contribution in [0.1, 0.15) is 13.8 Å². The molecule has 3 saturated heterocycles. The molecule has 3 aliphatic rings. The third-order valence-electron chi connectivity index (χ3n) is 2.83. The highest BCUT2D eigenvalue weighted by atomic mass is 16.8. The van der Waals surface area contributed by atoms with Crippen LogP contribution in [-0.2, 0) is 23.7 Å². The second-order valence-corrected chi connectivity index (χ2v) is 4.42. The van der Waals surface area contributed by atoms with E-state index < -0.39 is 42.5 Å². The molecule has 0 aliphatic carbocycles. The van der Waals surface area contributed by atoms with Gasteiger partial charge in [0.1, 0.15) is 6.10 Å². The summed E-state index contributed by atoms with van der Waals surface area (Å²) >= 11 is 0. The standard InChI is InChI=1S/C9H12O6/c1-9(2)14-6-5-4(13-8(6)15-9)3(10)7(11)12-5/h3-6,8,10H,1-2H3/t3-,4-,5+,6-,8-/m0/s1. The summed E-state index contributed by atoms with van der Waals surface area (Å²) < 4.78 is 21.4. The molecular formula is C9H12O6. The van der Waals surface area contributed by atoms with Gasteiger partial charge in [-0.15, -0.1) is 0 Å². The maximum atomic E-state index is 11.1. The molecule has 0 saturated carbocycles. The molecular weight excluding hydrogens is 204 g/mol. The summed E-state index contributed by atoms with van der Waals surface area (Å²) in [6.07, 6.45) is -3.44. The van der Waals surface area contributed by atoms with E-state index in [4.69, 9.17) is 18.9 Å². The molecule has 0 aromatic rings. The van der Waals surface area contributed by atoms with Gasteiger partial charge in [0.2, 0.25) is 0 Å². The number of fused-ring (bicyclic) bond motifs is 3. The Morgan fingerprint density at radius 1 is 1.20 bits per heavy atom. The second-order valence-electron chi connectivity index (χ2n) is 4.42.